The topological polar surface area (TPSA) is 127 Å². The first-order valence-corrected chi connectivity index (χ1v) is 11.0. The molecule has 0 atom stereocenters. The van der Waals surface area contributed by atoms with Crippen LogP contribution in [0.25, 0.3) is 0 Å². The van der Waals surface area contributed by atoms with Crippen molar-refractivity contribution in [1.29, 1.82) is 0 Å². The summed E-state index contributed by atoms with van der Waals surface area (Å²) in [5.41, 5.74) is 0.529. The highest BCUT2D eigenvalue weighted by Crippen LogP contribution is 2.26. The average Bonchev–Trinajstić information content (AvgIpc) is 3.14. The molecule has 1 aromatic heterocycles. The summed E-state index contributed by atoms with van der Waals surface area (Å²) >= 11 is 2.41. The van der Waals surface area contributed by atoms with Crippen LogP contribution in [0.3, 0.4) is 0 Å². The summed E-state index contributed by atoms with van der Waals surface area (Å²) in [6.07, 6.45) is 5.60. The van der Waals surface area contributed by atoms with Crippen LogP contribution < -0.4 is 10.6 Å². The first-order chi connectivity index (χ1) is 13.9. The van der Waals surface area contributed by atoms with Gasteiger partial charge in [-0.2, -0.15) is 0 Å². The largest absolute Gasteiger partial charge is 0.353 e. The lowest BCUT2D eigenvalue weighted by atomic mass is 9.95. The van der Waals surface area contributed by atoms with Gasteiger partial charge in [0.15, 0.2) is 4.34 Å². The molecule has 0 radical (unpaired) electrons. The maximum absolute atomic E-state index is 12.3. The van der Waals surface area contributed by atoms with E-state index in [9.17, 15) is 19.7 Å². The van der Waals surface area contributed by atoms with Crippen molar-refractivity contribution in [2.45, 2.75) is 49.4 Å². The molecule has 1 fully saturated rings. The molecule has 2 amide bonds. The number of nitro groups is 1. The van der Waals surface area contributed by atoms with Gasteiger partial charge in [-0.1, -0.05) is 48.4 Å². The van der Waals surface area contributed by atoms with Crippen LogP contribution in [-0.4, -0.2) is 38.7 Å². The summed E-state index contributed by atoms with van der Waals surface area (Å²) in [7, 11) is 0. The molecule has 154 valence electrons. The van der Waals surface area contributed by atoms with Crippen molar-refractivity contribution in [2.24, 2.45) is 0 Å². The highest BCUT2D eigenvalue weighted by molar-refractivity contribution is 8.01. The Hall–Kier alpha value is -2.53. The number of carbonyl (C=O) groups excluding carboxylic acids is 2. The third-order valence-corrected chi connectivity index (χ3v) is 6.56. The third kappa shape index (κ3) is 5.97. The summed E-state index contributed by atoms with van der Waals surface area (Å²) < 4.78 is 0.564. The van der Waals surface area contributed by atoms with E-state index in [1.54, 1.807) is 6.92 Å². The predicted molar refractivity (Wildman–Crippen MR) is 111 cm³/mol. The molecule has 9 nitrogen and oxygen atoms in total. The average molecular weight is 436 g/mol. The van der Waals surface area contributed by atoms with E-state index >= 15 is 0 Å². The highest BCUT2D eigenvalue weighted by Gasteiger charge is 2.18. The maximum atomic E-state index is 12.3. The minimum atomic E-state index is -0.524. The second-order valence-corrected chi connectivity index (χ2v) is 8.98. The number of nitrogens with one attached hydrogen (secondary N) is 2. The lowest BCUT2D eigenvalue weighted by molar-refractivity contribution is -0.385. The van der Waals surface area contributed by atoms with Crippen molar-refractivity contribution >= 4 is 45.7 Å². The number of aromatic nitrogens is 2. The van der Waals surface area contributed by atoms with Gasteiger partial charge >= 0.3 is 0 Å². The molecule has 29 heavy (non-hydrogen) atoms. The molecule has 11 heteroatoms. The van der Waals surface area contributed by atoms with Crippen molar-refractivity contribution in [3.8, 4) is 0 Å². The number of anilines is 1. The number of rotatable bonds is 7. The van der Waals surface area contributed by atoms with Gasteiger partial charge in [-0.25, -0.2) is 0 Å². The van der Waals surface area contributed by atoms with Crippen LogP contribution in [0.5, 0.6) is 0 Å². The van der Waals surface area contributed by atoms with E-state index in [-0.39, 0.29) is 34.1 Å². The molecule has 0 spiro atoms. The molecule has 0 saturated heterocycles. The molecule has 1 aliphatic rings. The molecule has 1 saturated carbocycles. The number of aryl methyl sites for hydroxylation is 1. The van der Waals surface area contributed by atoms with Crippen LogP contribution in [0.15, 0.2) is 22.5 Å². The number of hydrogen-bond acceptors (Lipinski definition) is 8. The molecule has 2 N–H and O–H groups in total. The molecular formula is C18H21N5O4S2. The molecule has 0 unspecified atom stereocenters. The monoisotopic (exact) mass is 435 g/mol. The summed E-state index contributed by atoms with van der Waals surface area (Å²) in [5.74, 6) is -0.297. The second-order valence-electron chi connectivity index (χ2n) is 6.78. The Kier molecular flexibility index (Phi) is 7.15. The minimum Gasteiger partial charge on any atom is -0.353 e. The number of thioether (sulfide) groups is 1. The van der Waals surface area contributed by atoms with Crippen molar-refractivity contribution in [3.05, 3.63) is 39.4 Å². The van der Waals surface area contributed by atoms with E-state index in [2.05, 4.69) is 20.8 Å². The fourth-order valence-electron chi connectivity index (χ4n) is 3.08. The first kappa shape index (κ1) is 21.2. The number of nitrogens with zero attached hydrogens (tertiary/aromatic N) is 3. The number of benzene rings is 1. The van der Waals surface area contributed by atoms with Gasteiger partial charge in [0.2, 0.25) is 11.0 Å². The number of carbonyl (C=O) groups is 2. The second kappa shape index (κ2) is 9.79. The molecule has 1 aliphatic carbocycles. The molecule has 1 heterocycles. The molecule has 0 bridgehead atoms. The quantitative estimate of drug-likeness (QED) is 0.295. The van der Waals surface area contributed by atoms with Crippen LogP contribution in [0, 0.1) is 17.0 Å². The van der Waals surface area contributed by atoms with E-state index in [0.29, 0.717) is 9.90 Å². The summed E-state index contributed by atoms with van der Waals surface area (Å²) in [6, 6.07) is 4.54. The lowest BCUT2D eigenvalue weighted by Gasteiger charge is -2.22. The van der Waals surface area contributed by atoms with Gasteiger partial charge in [0, 0.05) is 23.2 Å². The van der Waals surface area contributed by atoms with Crippen molar-refractivity contribution in [2.75, 3.05) is 11.1 Å². The fourth-order valence-corrected chi connectivity index (χ4v) is 4.64. The molecular weight excluding hydrogens is 414 g/mol. The van der Waals surface area contributed by atoms with E-state index in [1.807, 2.05) is 0 Å². The molecule has 1 aromatic carbocycles. The van der Waals surface area contributed by atoms with E-state index in [4.69, 9.17) is 0 Å². The summed E-state index contributed by atoms with van der Waals surface area (Å²) in [6.45, 7) is 1.61. The maximum Gasteiger partial charge on any atom is 0.273 e. The van der Waals surface area contributed by atoms with E-state index in [0.717, 1.165) is 37.0 Å². The minimum absolute atomic E-state index is 0.0327. The smallest absolute Gasteiger partial charge is 0.273 e. The predicted octanol–water partition coefficient (Wildman–Crippen LogP) is 3.55. The van der Waals surface area contributed by atoms with Crippen LogP contribution in [0.1, 0.15) is 48.0 Å². The Balaban J connectivity index is 1.52. The Morgan fingerprint density at radius 1 is 1.28 bits per heavy atom. The van der Waals surface area contributed by atoms with Gasteiger partial charge < -0.3 is 5.32 Å². The number of hydrogen-bond donors (Lipinski definition) is 2. The summed E-state index contributed by atoms with van der Waals surface area (Å²) in [5, 5.41) is 24.8. The Bertz CT molecular complexity index is 911. The zero-order valence-corrected chi connectivity index (χ0v) is 17.5. The summed E-state index contributed by atoms with van der Waals surface area (Å²) in [4.78, 5) is 34.9. The van der Waals surface area contributed by atoms with Gasteiger partial charge in [0.05, 0.1) is 10.7 Å². The van der Waals surface area contributed by atoms with Crippen LogP contribution in [0.4, 0.5) is 10.8 Å². The van der Waals surface area contributed by atoms with E-state index in [1.165, 1.54) is 36.4 Å². The van der Waals surface area contributed by atoms with Gasteiger partial charge in [0.1, 0.15) is 0 Å². The molecule has 3 rings (SSSR count). The Labute approximate surface area is 175 Å². The Morgan fingerprint density at radius 3 is 2.76 bits per heavy atom. The number of amides is 2. The van der Waals surface area contributed by atoms with Crippen LogP contribution >= 0.6 is 23.1 Å². The highest BCUT2D eigenvalue weighted by atomic mass is 32.2. The van der Waals surface area contributed by atoms with Gasteiger partial charge in [-0.05, 0) is 25.8 Å². The molecule has 0 aliphatic heterocycles. The normalized spacial score (nSPS) is 14.4. The Morgan fingerprint density at radius 2 is 2.03 bits per heavy atom. The first-order valence-electron chi connectivity index (χ1n) is 9.24. The van der Waals surface area contributed by atoms with E-state index < -0.39 is 10.8 Å². The fraction of sp³-hybridized carbons (Fsp3) is 0.444. The SMILES string of the molecule is Cc1ccc(C(=O)Nc2nnc(SCC(=O)NC3CCCCC3)s2)cc1[N+](=O)[O-]. The standard InChI is InChI=1S/C18H21N5O4S2/c1-11-7-8-12(9-14(11)23(26)27)16(25)20-17-21-22-18(29-17)28-10-15(24)19-13-5-3-2-4-6-13/h7-9,13H,2-6,10H2,1H3,(H,19,24)(H,20,21,25). The van der Waals surface area contributed by atoms with Crippen LogP contribution in [0.2, 0.25) is 0 Å². The van der Waals surface area contributed by atoms with Gasteiger partial charge in [-0.3, -0.25) is 25.0 Å². The third-order valence-electron chi connectivity index (χ3n) is 4.59. The van der Waals surface area contributed by atoms with Crippen molar-refractivity contribution < 1.29 is 14.5 Å². The zero-order valence-electron chi connectivity index (χ0n) is 15.8. The van der Waals surface area contributed by atoms with Gasteiger partial charge in [0.25, 0.3) is 11.6 Å². The van der Waals surface area contributed by atoms with Crippen molar-refractivity contribution in [3.63, 3.8) is 0 Å². The van der Waals surface area contributed by atoms with Gasteiger partial charge in [-0.15, -0.1) is 10.2 Å². The molecule has 2 aromatic rings. The van der Waals surface area contributed by atoms with Crippen molar-refractivity contribution in [1.82, 2.24) is 15.5 Å². The van der Waals surface area contributed by atoms with Crippen LogP contribution in [-0.2, 0) is 4.79 Å². The number of nitro benzene ring substituents is 1. The zero-order chi connectivity index (χ0) is 20.8. The lowest BCUT2D eigenvalue weighted by Crippen LogP contribution is -2.37.